The van der Waals surface area contributed by atoms with E-state index in [1.807, 2.05) is 23.7 Å². The molecule has 0 saturated heterocycles. The molecular weight excluding hydrogens is 356 g/mol. The fourth-order valence-corrected chi connectivity index (χ4v) is 3.47. The van der Waals surface area contributed by atoms with Crippen molar-refractivity contribution in [2.75, 3.05) is 0 Å². The fraction of sp³-hybridized carbons (Fsp3) is 0.125. The molecule has 0 amide bonds. The molecule has 0 radical (unpaired) electrons. The molecule has 2 aromatic carbocycles. The summed E-state index contributed by atoms with van der Waals surface area (Å²) in [5, 5.41) is 10.2. The molecule has 1 heterocycles. The van der Waals surface area contributed by atoms with Crippen LogP contribution in [0.1, 0.15) is 5.56 Å². The monoisotopic (exact) mass is 367 g/mol. The summed E-state index contributed by atoms with van der Waals surface area (Å²) in [7, 11) is 1.87. The summed E-state index contributed by atoms with van der Waals surface area (Å²) in [6.07, 6.45) is 0. The van der Waals surface area contributed by atoms with Crippen LogP contribution in [0.5, 0.6) is 0 Å². The largest absolute Gasteiger partial charge is 0.305 e. The SMILES string of the molecule is Cn1c(SCc2cccc(F)c2)nnc1-c1ccc(Cl)cc1Cl. The summed E-state index contributed by atoms with van der Waals surface area (Å²) in [6, 6.07) is 11.8. The van der Waals surface area contributed by atoms with Crippen LogP contribution >= 0.6 is 35.0 Å². The Bertz CT molecular complexity index is 851. The lowest BCUT2D eigenvalue weighted by Gasteiger charge is -2.06. The Morgan fingerprint density at radius 1 is 1.13 bits per heavy atom. The molecule has 23 heavy (non-hydrogen) atoms. The first-order chi connectivity index (χ1) is 11.0. The normalized spacial score (nSPS) is 11.0. The van der Waals surface area contributed by atoms with E-state index < -0.39 is 0 Å². The van der Waals surface area contributed by atoms with Gasteiger partial charge in [0, 0.05) is 23.4 Å². The smallest absolute Gasteiger partial charge is 0.191 e. The highest BCUT2D eigenvalue weighted by atomic mass is 35.5. The summed E-state index contributed by atoms with van der Waals surface area (Å²) >= 11 is 13.6. The Morgan fingerprint density at radius 3 is 2.70 bits per heavy atom. The first-order valence-corrected chi connectivity index (χ1v) is 8.51. The summed E-state index contributed by atoms with van der Waals surface area (Å²) in [5.74, 6) is 1.03. The minimum absolute atomic E-state index is 0.241. The van der Waals surface area contributed by atoms with Crippen LogP contribution in [0.2, 0.25) is 10.0 Å². The number of aromatic nitrogens is 3. The third-order valence-electron chi connectivity index (χ3n) is 3.26. The van der Waals surface area contributed by atoms with Gasteiger partial charge in [-0.25, -0.2) is 4.39 Å². The van der Waals surface area contributed by atoms with E-state index in [2.05, 4.69) is 10.2 Å². The highest BCUT2D eigenvalue weighted by molar-refractivity contribution is 7.98. The van der Waals surface area contributed by atoms with Gasteiger partial charge in [-0.05, 0) is 35.9 Å². The average molecular weight is 368 g/mol. The van der Waals surface area contributed by atoms with Crippen molar-refractivity contribution in [3.05, 3.63) is 63.9 Å². The van der Waals surface area contributed by atoms with E-state index in [0.717, 1.165) is 16.3 Å². The van der Waals surface area contributed by atoms with Gasteiger partial charge in [0.2, 0.25) is 0 Å². The van der Waals surface area contributed by atoms with Crippen molar-refractivity contribution in [2.45, 2.75) is 10.9 Å². The molecule has 0 spiro atoms. The summed E-state index contributed by atoms with van der Waals surface area (Å²) < 4.78 is 15.1. The number of hydrogen-bond acceptors (Lipinski definition) is 3. The Labute approximate surface area is 147 Å². The van der Waals surface area contributed by atoms with Gasteiger partial charge in [0.05, 0.1) is 5.02 Å². The molecule has 0 saturated carbocycles. The molecule has 0 N–H and O–H groups in total. The Hall–Kier alpha value is -1.56. The molecule has 0 fully saturated rings. The number of rotatable bonds is 4. The molecule has 0 aliphatic carbocycles. The van der Waals surface area contributed by atoms with E-state index in [0.29, 0.717) is 21.6 Å². The van der Waals surface area contributed by atoms with E-state index >= 15 is 0 Å². The molecule has 0 unspecified atom stereocenters. The molecule has 3 rings (SSSR count). The standard InChI is InChI=1S/C16H12Cl2FN3S/c1-22-15(13-6-5-11(17)8-14(13)18)20-21-16(22)23-9-10-3-2-4-12(19)7-10/h2-8H,9H2,1H3. The van der Waals surface area contributed by atoms with Crippen molar-refractivity contribution in [1.82, 2.24) is 14.8 Å². The number of thioether (sulfide) groups is 1. The Kier molecular flexibility index (Phi) is 4.90. The van der Waals surface area contributed by atoms with Crippen molar-refractivity contribution in [3.63, 3.8) is 0 Å². The molecule has 3 nitrogen and oxygen atoms in total. The summed E-state index contributed by atoms with van der Waals surface area (Å²) in [6.45, 7) is 0. The number of halogens is 3. The van der Waals surface area contributed by atoms with Crippen LogP contribution in [0.25, 0.3) is 11.4 Å². The molecule has 0 bridgehead atoms. The quantitative estimate of drug-likeness (QED) is 0.592. The Morgan fingerprint density at radius 2 is 1.96 bits per heavy atom. The number of benzene rings is 2. The van der Waals surface area contributed by atoms with Crippen LogP contribution in [-0.4, -0.2) is 14.8 Å². The van der Waals surface area contributed by atoms with Crippen LogP contribution < -0.4 is 0 Å². The minimum Gasteiger partial charge on any atom is -0.305 e. The summed E-state index contributed by atoms with van der Waals surface area (Å²) in [5.41, 5.74) is 1.66. The predicted octanol–water partition coefficient (Wildman–Crippen LogP) is 5.22. The first kappa shape index (κ1) is 16.3. The first-order valence-electron chi connectivity index (χ1n) is 6.76. The van der Waals surface area contributed by atoms with Crippen LogP contribution in [0.15, 0.2) is 47.6 Å². The fourth-order valence-electron chi connectivity index (χ4n) is 2.12. The van der Waals surface area contributed by atoms with Crippen molar-refractivity contribution in [2.24, 2.45) is 7.05 Å². The zero-order chi connectivity index (χ0) is 16.4. The van der Waals surface area contributed by atoms with Crippen LogP contribution in [-0.2, 0) is 12.8 Å². The maximum absolute atomic E-state index is 13.2. The minimum atomic E-state index is -0.241. The topological polar surface area (TPSA) is 30.7 Å². The highest BCUT2D eigenvalue weighted by Gasteiger charge is 2.14. The second kappa shape index (κ2) is 6.91. The van der Waals surface area contributed by atoms with Crippen molar-refractivity contribution in [3.8, 4) is 11.4 Å². The number of nitrogens with zero attached hydrogens (tertiary/aromatic N) is 3. The molecule has 1 aromatic heterocycles. The van der Waals surface area contributed by atoms with E-state index in [-0.39, 0.29) is 5.82 Å². The van der Waals surface area contributed by atoms with E-state index in [4.69, 9.17) is 23.2 Å². The van der Waals surface area contributed by atoms with Crippen molar-refractivity contribution in [1.29, 1.82) is 0 Å². The lowest BCUT2D eigenvalue weighted by Crippen LogP contribution is -1.95. The third kappa shape index (κ3) is 3.68. The molecule has 118 valence electrons. The van der Waals surface area contributed by atoms with E-state index in [9.17, 15) is 4.39 Å². The van der Waals surface area contributed by atoms with E-state index in [1.165, 1.54) is 23.9 Å². The van der Waals surface area contributed by atoms with Crippen molar-refractivity contribution >= 4 is 35.0 Å². The zero-order valence-electron chi connectivity index (χ0n) is 12.1. The van der Waals surface area contributed by atoms with Gasteiger partial charge >= 0.3 is 0 Å². The van der Waals surface area contributed by atoms with Gasteiger partial charge < -0.3 is 4.57 Å². The number of hydrogen-bond donors (Lipinski definition) is 0. The lowest BCUT2D eigenvalue weighted by atomic mass is 10.2. The van der Waals surface area contributed by atoms with Crippen molar-refractivity contribution < 1.29 is 4.39 Å². The average Bonchev–Trinajstić information content (AvgIpc) is 2.86. The van der Waals surface area contributed by atoms with Gasteiger partial charge in [-0.2, -0.15) is 0 Å². The molecule has 3 aromatic rings. The Balaban J connectivity index is 1.82. The molecule has 0 aliphatic heterocycles. The second-order valence-electron chi connectivity index (χ2n) is 4.91. The van der Waals surface area contributed by atoms with E-state index in [1.54, 1.807) is 18.2 Å². The molecule has 0 aliphatic rings. The third-order valence-corrected chi connectivity index (χ3v) is 4.90. The lowest BCUT2D eigenvalue weighted by molar-refractivity contribution is 0.626. The van der Waals surface area contributed by atoms with Gasteiger partial charge in [0.15, 0.2) is 11.0 Å². The van der Waals surface area contributed by atoms with Gasteiger partial charge in [-0.1, -0.05) is 47.1 Å². The van der Waals surface area contributed by atoms with Gasteiger partial charge in [-0.15, -0.1) is 10.2 Å². The highest BCUT2D eigenvalue weighted by Crippen LogP contribution is 2.31. The van der Waals surface area contributed by atoms with Gasteiger partial charge in [0.1, 0.15) is 5.82 Å². The molecule has 0 atom stereocenters. The predicted molar refractivity (Wildman–Crippen MR) is 92.4 cm³/mol. The van der Waals surface area contributed by atoms with Crippen LogP contribution in [0.3, 0.4) is 0 Å². The van der Waals surface area contributed by atoms with Crippen LogP contribution in [0, 0.1) is 5.82 Å². The van der Waals surface area contributed by atoms with Gasteiger partial charge in [-0.3, -0.25) is 0 Å². The summed E-state index contributed by atoms with van der Waals surface area (Å²) in [4.78, 5) is 0. The van der Waals surface area contributed by atoms with Gasteiger partial charge in [0.25, 0.3) is 0 Å². The maximum atomic E-state index is 13.2. The molecular formula is C16H12Cl2FN3S. The maximum Gasteiger partial charge on any atom is 0.191 e. The van der Waals surface area contributed by atoms with Crippen LogP contribution in [0.4, 0.5) is 4.39 Å². The zero-order valence-corrected chi connectivity index (χ0v) is 14.5. The molecule has 7 heteroatoms. The second-order valence-corrected chi connectivity index (χ2v) is 6.69.